The highest BCUT2D eigenvalue weighted by atomic mass is 19.3. The molecule has 0 aromatic heterocycles. The van der Waals surface area contributed by atoms with Gasteiger partial charge in [-0.3, -0.25) is 9.59 Å². The van der Waals surface area contributed by atoms with Crippen LogP contribution in [0.5, 0.6) is 5.75 Å². The van der Waals surface area contributed by atoms with E-state index in [4.69, 9.17) is 5.73 Å². The second-order valence-corrected chi connectivity index (χ2v) is 5.11. The molecule has 1 atom stereocenters. The number of hydrogen-bond donors (Lipinski definition) is 2. The average molecular weight is 327 g/mol. The van der Waals surface area contributed by atoms with Crippen molar-refractivity contribution in [1.82, 2.24) is 10.2 Å². The number of ether oxygens (including phenoxy) is 1. The lowest BCUT2D eigenvalue weighted by molar-refractivity contribution is -0.124. The molecule has 1 fully saturated rings. The van der Waals surface area contributed by atoms with E-state index in [9.17, 15) is 18.4 Å². The van der Waals surface area contributed by atoms with Gasteiger partial charge in [0, 0.05) is 19.6 Å². The van der Waals surface area contributed by atoms with E-state index in [0.29, 0.717) is 32.5 Å². The number of benzene rings is 1. The SMILES string of the molecule is NCCNC(=O)C1CCCN1C(=O)c1ccccc1OC(F)F. The summed E-state index contributed by atoms with van der Waals surface area (Å²) in [7, 11) is 0. The monoisotopic (exact) mass is 327 g/mol. The molecule has 1 saturated heterocycles. The minimum absolute atomic E-state index is 0.0197. The van der Waals surface area contributed by atoms with E-state index in [1.165, 1.54) is 23.1 Å². The van der Waals surface area contributed by atoms with E-state index in [2.05, 4.69) is 10.1 Å². The molecule has 0 aliphatic carbocycles. The first kappa shape index (κ1) is 17.1. The molecule has 1 aromatic carbocycles. The number of nitrogens with zero attached hydrogens (tertiary/aromatic N) is 1. The molecule has 1 heterocycles. The van der Waals surface area contributed by atoms with Crippen LogP contribution in [0.2, 0.25) is 0 Å². The number of carbonyl (C=O) groups excluding carboxylic acids is 2. The molecular formula is C15H19F2N3O3. The lowest BCUT2D eigenvalue weighted by Gasteiger charge is -2.24. The summed E-state index contributed by atoms with van der Waals surface area (Å²) >= 11 is 0. The Bertz CT molecular complexity index is 569. The normalized spacial score (nSPS) is 17.4. The van der Waals surface area contributed by atoms with Crippen LogP contribution >= 0.6 is 0 Å². The van der Waals surface area contributed by atoms with E-state index < -0.39 is 18.6 Å². The molecule has 1 aliphatic rings. The summed E-state index contributed by atoms with van der Waals surface area (Å²) in [6, 6.07) is 5.16. The van der Waals surface area contributed by atoms with Crippen molar-refractivity contribution in [2.24, 2.45) is 5.73 Å². The van der Waals surface area contributed by atoms with Gasteiger partial charge in [-0.05, 0) is 25.0 Å². The molecular weight excluding hydrogens is 308 g/mol. The van der Waals surface area contributed by atoms with Crippen molar-refractivity contribution in [3.63, 3.8) is 0 Å². The lowest BCUT2D eigenvalue weighted by atomic mass is 10.1. The zero-order valence-electron chi connectivity index (χ0n) is 12.5. The molecule has 3 N–H and O–H groups in total. The first-order chi connectivity index (χ1) is 11.0. The molecule has 0 spiro atoms. The zero-order valence-corrected chi connectivity index (χ0v) is 12.5. The van der Waals surface area contributed by atoms with Crippen LogP contribution < -0.4 is 15.8 Å². The maximum Gasteiger partial charge on any atom is 0.387 e. The summed E-state index contributed by atoms with van der Waals surface area (Å²) in [6.07, 6.45) is 1.20. The molecule has 0 bridgehead atoms. The predicted octanol–water partition coefficient (Wildman–Crippen LogP) is 0.968. The van der Waals surface area contributed by atoms with Crippen molar-refractivity contribution in [3.8, 4) is 5.75 Å². The number of nitrogens with one attached hydrogen (secondary N) is 1. The molecule has 2 rings (SSSR count). The molecule has 6 nitrogen and oxygen atoms in total. The van der Waals surface area contributed by atoms with Crippen LogP contribution in [0.15, 0.2) is 24.3 Å². The Morgan fingerprint density at radius 2 is 2.13 bits per heavy atom. The number of alkyl halides is 2. The van der Waals surface area contributed by atoms with Gasteiger partial charge in [-0.25, -0.2) is 0 Å². The minimum atomic E-state index is -3.02. The van der Waals surface area contributed by atoms with Crippen molar-refractivity contribution in [2.45, 2.75) is 25.5 Å². The van der Waals surface area contributed by atoms with Crippen molar-refractivity contribution in [2.75, 3.05) is 19.6 Å². The Kier molecular flexibility index (Phi) is 5.86. The summed E-state index contributed by atoms with van der Waals surface area (Å²) < 4.78 is 29.3. The summed E-state index contributed by atoms with van der Waals surface area (Å²) in [5.74, 6) is -0.972. The second-order valence-electron chi connectivity index (χ2n) is 5.11. The fraction of sp³-hybridized carbons (Fsp3) is 0.467. The van der Waals surface area contributed by atoms with E-state index in [1.807, 2.05) is 0 Å². The number of amides is 2. The van der Waals surface area contributed by atoms with Gasteiger partial charge in [0.15, 0.2) is 0 Å². The van der Waals surface area contributed by atoms with Crippen LogP contribution in [-0.4, -0.2) is 49.0 Å². The quantitative estimate of drug-likeness (QED) is 0.815. The number of nitrogens with two attached hydrogens (primary N) is 1. The van der Waals surface area contributed by atoms with Gasteiger partial charge in [0.25, 0.3) is 5.91 Å². The van der Waals surface area contributed by atoms with Gasteiger partial charge in [0.1, 0.15) is 11.8 Å². The summed E-state index contributed by atoms with van der Waals surface area (Å²) in [5, 5.41) is 2.65. The second kappa shape index (κ2) is 7.87. The Hall–Kier alpha value is -2.22. The standard InChI is InChI=1S/C15H19F2N3O3/c16-15(17)23-12-6-2-1-4-10(12)14(22)20-9-3-5-11(20)13(21)19-8-7-18/h1-2,4,6,11,15H,3,5,7-9,18H2,(H,19,21). The van der Waals surface area contributed by atoms with Crippen LogP contribution in [0.25, 0.3) is 0 Å². The Balaban J connectivity index is 2.17. The maximum atomic E-state index is 12.6. The number of likely N-dealkylation sites (tertiary alicyclic amines) is 1. The Morgan fingerprint density at radius 3 is 2.83 bits per heavy atom. The van der Waals surface area contributed by atoms with Gasteiger partial charge in [0.2, 0.25) is 5.91 Å². The van der Waals surface area contributed by atoms with Gasteiger partial charge in [-0.15, -0.1) is 0 Å². The van der Waals surface area contributed by atoms with Gasteiger partial charge < -0.3 is 20.7 Å². The van der Waals surface area contributed by atoms with Crippen molar-refractivity contribution >= 4 is 11.8 Å². The third kappa shape index (κ3) is 4.16. The smallest absolute Gasteiger partial charge is 0.387 e. The largest absolute Gasteiger partial charge is 0.434 e. The predicted molar refractivity (Wildman–Crippen MR) is 79.2 cm³/mol. The van der Waals surface area contributed by atoms with Crippen LogP contribution in [0.3, 0.4) is 0 Å². The highest BCUT2D eigenvalue weighted by molar-refractivity contribution is 6.00. The van der Waals surface area contributed by atoms with Gasteiger partial charge in [-0.2, -0.15) is 8.78 Å². The first-order valence-electron chi connectivity index (χ1n) is 7.37. The zero-order chi connectivity index (χ0) is 16.8. The molecule has 2 amide bonds. The highest BCUT2D eigenvalue weighted by Gasteiger charge is 2.35. The average Bonchev–Trinajstić information content (AvgIpc) is 3.01. The van der Waals surface area contributed by atoms with Crippen molar-refractivity contribution < 1.29 is 23.1 Å². The third-order valence-corrected chi connectivity index (χ3v) is 3.59. The molecule has 1 aliphatic heterocycles. The summed E-state index contributed by atoms with van der Waals surface area (Å²) in [6.45, 7) is -2.01. The minimum Gasteiger partial charge on any atom is -0.434 e. The van der Waals surface area contributed by atoms with Crippen LogP contribution in [0, 0.1) is 0 Å². The van der Waals surface area contributed by atoms with Gasteiger partial charge in [0.05, 0.1) is 5.56 Å². The number of carbonyl (C=O) groups is 2. The van der Waals surface area contributed by atoms with Gasteiger partial charge >= 0.3 is 6.61 Å². The van der Waals surface area contributed by atoms with E-state index in [1.54, 1.807) is 6.07 Å². The fourth-order valence-electron chi connectivity index (χ4n) is 2.59. The molecule has 1 unspecified atom stereocenters. The van der Waals surface area contributed by atoms with E-state index in [0.717, 1.165) is 0 Å². The maximum absolute atomic E-state index is 12.6. The number of hydrogen-bond acceptors (Lipinski definition) is 4. The van der Waals surface area contributed by atoms with Gasteiger partial charge in [-0.1, -0.05) is 12.1 Å². The molecule has 8 heteroatoms. The first-order valence-corrected chi connectivity index (χ1v) is 7.37. The number of para-hydroxylation sites is 1. The topological polar surface area (TPSA) is 84.7 Å². The molecule has 126 valence electrons. The van der Waals surface area contributed by atoms with Crippen LogP contribution in [0.4, 0.5) is 8.78 Å². The Labute approximate surface area is 132 Å². The lowest BCUT2D eigenvalue weighted by Crippen LogP contribution is -2.47. The number of rotatable bonds is 6. The van der Waals surface area contributed by atoms with Crippen LogP contribution in [-0.2, 0) is 4.79 Å². The van der Waals surface area contributed by atoms with Crippen molar-refractivity contribution in [3.05, 3.63) is 29.8 Å². The van der Waals surface area contributed by atoms with E-state index >= 15 is 0 Å². The summed E-state index contributed by atoms with van der Waals surface area (Å²) in [4.78, 5) is 26.1. The number of halogens is 2. The van der Waals surface area contributed by atoms with Crippen LogP contribution in [0.1, 0.15) is 23.2 Å². The Morgan fingerprint density at radius 1 is 1.39 bits per heavy atom. The molecule has 0 saturated carbocycles. The third-order valence-electron chi connectivity index (χ3n) is 3.59. The highest BCUT2D eigenvalue weighted by Crippen LogP contribution is 2.26. The van der Waals surface area contributed by atoms with Crippen molar-refractivity contribution in [1.29, 1.82) is 0 Å². The molecule has 1 aromatic rings. The fourth-order valence-corrected chi connectivity index (χ4v) is 2.59. The summed E-state index contributed by atoms with van der Waals surface area (Å²) in [5.41, 5.74) is 5.36. The molecule has 0 radical (unpaired) electrons. The molecule has 23 heavy (non-hydrogen) atoms. The van der Waals surface area contributed by atoms with E-state index in [-0.39, 0.29) is 17.2 Å².